The van der Waals surface area contributed by atoms with Gasteiger partial charge in [0, 0.05) is 55.4 Å². The van der Waals surface area contributed by atoms with E-state index in [-0.39, 0.29) is 25.0 Å². The Morgan fingerprint density at radius 1 is 0.919 bits per heavy atom. The maximum atomic E-state index is 13.6. The van der Waals surface area contributed by atoms with Crippen molar-refractivity contribution in [2.45, 2.75) is 45.2 Å². The number of anilines is 1. The zero-order valence-electron chi connectivity index (χ0n) is 21.3. The topological polar surface area (TPSA) is 85.8 Å². The molecule has 1 aliphatic heterocycles. The van der Waals surface area contributed by atoms with Gasteiger partial charge in [-0.2, -0.15) is 0 Å². The molecule has 7 heteroatoms. The van der Waals surface area contributed by atoms with E-state index in [0.29, 0.717) is 30.8 Å². The van der Waals surface area contributed by atoms with Crippen LogP contribution in [0, 0.1) is 0 Å². The summed E-state index contributed by atoms with van der Waals surface area (Å²) in [5, 5.41) is 13.1. The van der Waals surface area contributed by atoms with Gasteiger partial charge in [-0.15, -0.1) is 0 Å². The van der Waals surface area contributed by atoms with Crippen molar-refractivity contribution in [2.24, 2.45) is 0 Å². The molecule has 4 rings (SSSR count). The van der Waals surface area contributed by atoms with Crippen molar-refractivity contribution in [3.63, 3.8) is 0 Å². The molecule has 0 aliphatic carbocycles. The van der Waals surface area contributed by atoms with Gasteiger partial charge in [-0.25, -0.2) is 0 Å². The summed E-state index contributed by atoms with van der Waals surface area (Å²) in [5.74, 6) is -0.204. The first-order chi connectivity index (χ1) is 18.2. The molecule has 0 spiro atoms. The molecular formula is C30H36N4O3. The molecule has 2 N–H and O–H groups in total. The molecular weight excluding hydrogens is 464 g/mol. The second-order valence-electron chi connectivity index (χ2n) is 9.42. The van der Waals surface area contributed by atoms with Gasteiger partial charge in [0.2, 0.25) is 0 Å². The number of benzene rings is 2. The lowest BCUT2D eigenvalue weighted by atomic mass is 10.0. The van der Waals surface area contributed by atoms with Gasteiger partial charge in [0.05, 0.1) is 6.61 Å². The van der Waals surface area contributed by atoms with E-state index in [1.165, 1.54) is 0 Å². The van der Waals surface area contributed by atoms with Gasteiger partial charge in [0.25, 0.3) is 11.8 Å². The van der Waals surface area contributed by atoms with Crippen molar-refractivity contribution in [3.8, 4) is 0 Å². The summed E-state index contributed by atoms with van der Waals surface area (Å²) in [6.07, 6.45) is 8.68. The first-order valence-electron chi connectivity index (χ1n) is 13.2. The second kappa shape index (κ2) is 13.7. The third-order valence-corrected chi connectivity index (χ3v) is 6.71. The molecule has 37 heavy (non-hydrogen) atoms. The fourth-order valence-electron chi connectivity index (χ4n) is 4.74. The highest BCUT2D eigenvalue weighted by Crippen LogP contribution is 2.26. The summed E-state index contributed by atoms with van der Waals surface area (Å²) in [6, 6.07) is 18.9. The monoisotopic (exact) mass is 500 g/mol. The summed E-state index contributed by atoms with van der Waals surface area (Å²) in [7, 11) is 0. The number of hydrogen-bond acceptors (Lipinski definition) is 5. The molecule has 194 valence electrons. The lowest BCUT2D eigenvalue weighted by Gasteiger charge is -2.27. The van der Waals surface area contributed by atoms with Crippen LogP contribution in [0.3, 0.4) is 0 Å². The fraction of sp³-hybridized carbons (Fsp3) is 0.367. The third kappa shape index (κ3) is 7.24. The number of carbonyl (C=O) groups is 2. The van der Waals surface area contributed by atoms with Gasteiger partial charge in [0.1, 0.15) is 0 Å². The standard InChI is InChI=1S/C30H36N4O3/c35-20-19-33(23-24-9-5-4-6-10-24)29(36)26-11-12-28-27(21-26)22-32-15-7-2-1-3-8-18-34(28)30(37)25-13-16-31-17-14-25/h4-6,9-14,16-17,21,32,35H,1-3,7-8,15,18-20,22-23H2. The lowest BCUT2D eigenvalue weighted by molar-refractivity contribution is 0.0707. The summed E-state index contributed by atoms with van der Waals surface area (Å²) in [6.45, 7) is 2.62. The Balaban J connectivity index is 1.66. The molecule has 2 amide bonds. The van der Waals surface area contributed by atoms with Crippen LogP contribution in [0.25, 0.3) is 0 Å². The molecule has 0 radical (unpaired) electrons. The molecule has 0 bridgehead atoms. The zero-order valence-corrected chi connectivity index (χ0v) is 21.3. The van der Waals surface area contributed by atoms with Crippen molar-refractivity contribution in [2.75, 3.05) is 31.1 Å². The number of hydrogen-bond donors (Lipinski definition) is 2. The number of aliphatic hydroxyl groups excluding tert-OH is 1. The average Bonchev–Trinajstić information content (AvgIpc) is 2.93. The Hall–Kier alpha value is -3.55. The predicted molar refractivity (Wildman–Crippen MR) is 145 cm³/mol. The smallest absolute Gasteiger partial charge is 0.258 e. The third-order valence-electron chi connectivity index (χ3n) is 6.71. The number of aromatic nitrogens is 1. The summed E-state index contributed by atoms with van der Waals surface area (Å²) < 4.78 is 0. The van der Waals surface area contributed by atoms with Crippen LogP contribution in [0.2, 0.25) is 0 Å². The summed E-state index contributed by atoms with van der Waals surface area (Å²) in [4.78, 5) is 34.7. The normalized spacial score (nSPS) is 14.7. The van der Waals surface area contributed by atoms with Crippen LogP contribution >= 0.6 is 0 Å². The lowest BCUT2D eigenvalue weighted by Crippen LogP contribution is -2.35. The van der Waals surface area contributed by atoms with Gasteiger partial charge in [-0.3, -0.25) is 14.6 Å². The average molecular weight is 501 g/mol. The number of amides is 2. The Labute approximate surface area is 219 Å². The molecule has 2 heterocycles. The highest BCUT2D eigenvalue weighted by Gasteiger charge is 2.23. The molecule has 0 atom stereocenters. The fourth-order valence-corrected chi connectivity index (χ4v) is 4.74. The quantitative estimate of drug-likeness (QED) is 0.524. The van der Waals surface area contributed by atoms with Gasteiger partial charge in [0.15, 0.2) is 0 Å². The molecule has 3 aromatic rings. The number of pyridine rings is 1. The van der Waals surface area contributed by atoms with Crippen molar-refractivity contribution < 1.29 is 14.7 Å². The SMILES string of the molecule is O=C(c1ccc2c(c1)CNCCCCCCCN2C(=O)c1ccncc1)N(CCO)Cc1ccccc1. The molecule has 7 nitrogen and oxygen atoms in total. The van der Waals surface area contributed by atoms with E-state index >= 15 is 0 Å². The predicted octanol–water partition coefficient (Wildman–Crippen LogP) is 4.42. The van der Waals surface area contributed by atoms with Crippen LogP contribution in [-0.4, -0.2) is 53.0 Å². The first kappa shape index (κ1) is 26.5. The minimum Gasteiger partial charge on any atom is -0.395 e. The van der Waals surface area contributed by atoms with Crippen molar-refractivity contribution in [3.05, 3.63) is 95.3 Å². The first-order valence-corrected chi connectivity index (χ1v) is 13.2. The zero-order chi connectivity index (χ0) is 25.9. The van der Waals surface area contributed by atoms with Crippen LogP contribution in [0.5, 0.6) is 0 Å². The molecule has 0 saturated heterocycles. The van der Waals surface area contributed by atoms with E-state index in [1.54, 1.807) is 35.5 Å². The minimum absolute atomic E-state index is 0.0641. The minimum atomic E-state index is -0.140. The van der Waals surface area contributed by atoms with Gasteiger partial charge in [-0.05, 0) is 60.8 Å². The summed E-state index contributed by atoms with van der Waals surface area (Å²) in [5.41, 5.74) is 3.89. The molecule has 0 saturated carbocycles. The van der Waals surface area contributed by atoms with Gasteiger partial charge < -0.3 is 20.2 Å². The van der Waals surface area contributed by atoms with Gasteiger partial charge in [-0.1, -0.05) is 49.6 Å². The molecule has 1 aromatic heterocycles. The van der Waals surface area contributed by atoms with Crippen LogP contribution < -0.4 is 10.2 Å². The number of carbonyl (C=O) groups excluding carboxylic acids is 2. The Bertz CT molecular complexity index is 1150. The number of rotatable bonds is 6. The van der Waals surface area contributed by atoms with E-state index in [9.17, 15) is 14.7 Å². The van der Waals surface area contributed by atoms with Crippen molar-refractivity contribution >= 4 is 17.5 Å². The van der Waals surface area contributed by atoms with Gasteiger partial charge >= 0.3 is 0 Å². The molecule has 0 fully saturated rings. The number of nitrogens with one attached hydrogen (secondary N) is 1. The molecule has 0 unspecified atom stereocenters. The Kier molecular flexibility index (Phi) is 9.80. The van der Waals surface area contributed by atoms with Crippen molar-refractivity contribution in [1.82, 2.24) is 15.2 Å². The van der Waals surface area contributed by atoms with Crippen LogP contribution in [-0.2, 0) is 13.1 Å². The van der Waals surface area contributed by atoms with E-state index in [1.807, 2.05) is 47.4 Å². The number of aliphatic hydroxyl groups is 1. The highest BCUT2D eigenvalue weighted by molar-refractivity contribution is 6.06. The van der Waals surface area contributed by atoms with Crippen molar-refractivity contribution in [1.29, 1.82) is 0 Å². The van der Waals surface area contributed by atoms with Crippen LogP contribution in [0.4, 0.5) is 5.69 Å². The molecule has 2 aromatic carbocycles. The van der Waals surface area contributed by atoms with E-state index in [0.717, 1.165) is 55.5 Å². The highest BCUT2D eigenvalue weighted by atomic mass is 16.3. The van der Waals surface area contributed by atoms with E-state index in [4.69, 9.17) is 0 Å². The summed E-state index contributed by atoms with van der Waals surface area (Å²) >= 11 is 0. The van der Waals surface area contributed by atoms with E-state index in [2.05, 4.69) is 10.3 Å². The maximum Gasteiger partial charge on any atom is 0.258 e. The van der Waals surface area contributed by atoms with Crippen LogP contribution in [0.15, 0.2) is 73.1 Å². The number of nitrogens with zero attached hydrogens (tertiary/aromatic N) is 3. The molecule has 1 aliphatic rings. The van der Waals surface area contributed by atoms with E-state index < -0.39 is 0 Å². The number of fused-ring (bicyclic) bond motifs is 1. The second-order valence-corrected chi connectivity index (χ2v) is 9.42. The maximum absolute atomic E-state index is 13.6. The largest absolute Gasteiger partial charge is 0.395 e. The Morgan fingerprint density at radius 2 is 1.68 bits per heavy atom. The Morgan fingerprint density at radius 3 is 2.46 bits per heavy atom. The van der Waals surface area contributed by atoms with Crippen LogP contribution in [0.1, 0.15) is 63.9 Å².